The Morgan fingerprint density at radius 1 is 1.07 bits per heavy atom. The van der Waals surface area contributed by atoms with Gasteiger partial charge in [0.25, 0.3) is 5.91 Å². The van der Waals surface area contributed by atoms with E-state index in [4.69, 9.17) is 17.0 Å². The van der Waals surface area contributed by atoms with Gasteiger partial charge in [-0.05, 0) is 55.0 Å². The van der Waals surface area contributed by atoms with E-state index >= 15 is 0 Å². The molecule has 3 amide bonds. The number of aryl methyl sites for hydroxylation is 1. The standard InChI is InChI=1S/C28H25ClF3N7O3/c1-17-6-2-4-8-21(17)36-26(41)20-7-3-5-9-22(20)39-16-35-24(37-39)14-34-27(42)38(15-23(40)28(30,31)32)25(33)18-10-12-19(29)13-11-18/h2-13,16,23,33,40H,14-15H2,1H3,(H,34,42)(H,36,41)/t23-/m0/s1. The van der Waals surface area contributed by atoms with E-state index in [1.54, 1.807) is 36.4 Å². The number of nitrogens with zero attached hydrogens (tertiary/aromatic N) is 4. The number of aliphatic hydroxyl groups excluding tert-OH is 1. The highest BCUT2D eigenvalue weighted by molar-refractivity contribution is 6.30. The first-order valence-electron chi connectivity index (χ1n) is 12.5. The van der Waals surface area contributed by atoms with Gasteiger partial charge in [0.1, 0.15) is 12.2 Å². The average molecular weight is 600 g/mol. The summed E-state index contributed by atoms with van der Waals surface area (Å²) in [6.07, 6.45) is -6.59. The number of alkyl halides is 3. The molecule has 0 radical (unpaired) electrons. The van der Waals surface area contributed by atoms with E-state index in [2.05, 4.69) is 20.7 Å². The topological polar surface area (TPSA) is 136 Å². The Balaban J connectivity index is 1.49. The Morgan fingerprint density at radius 2 is 1.74 bits per heavy atom. The molecule has 0 bridgehead atoms. The lowest BCUT2D eigenvalue weighted by molar-refractivity contribution is -0.204. The molecule has 4 aromatic rings. The van der Waals surface area contributed by atoms with Crippen LogP contribution in [0.1, 0.15) is 27.3 Å². The number of benzene rings is 3. The molecule has 1 heterocycles. The lowest BCUT2D eigenvalue weighted by atomic mass is 10.1. The highest BCUT2D eigenvalue weighted by atomic mass is 35.5. The van der Waals surface area contributed by atoms with Crippen molar-refractivity contribution in [1.29, 1.82) is 5.41 Å². The predicted octanol–water partition coefficient (Wildman–Crippen LogP) is 4.94. The number of nitrogens with one attached hydrogen (secondary N) is 3. The van der Waals surface area contributed by atoms with Crippen molar-refractivity contribution in [3.63, 3.8) is 0 Å². The van der Waals surface area contributed by atoms with Crippen LogP contribution in [-0.4, -0.2) is 61.4 Å². The molecular formula is C28H25ClF3N7O3. The van der Waals surface area contributed by atoms with Gasteiger partial charge >= 0.3 is 12.2 Å². The maximum absolute atomic E-state index is 13.1. The number of urea groups is 1. The zero-order chi connectivity index (χ0) is 30.4. The monoisotopic (exact) mass is 599 g/mol. The zero-order valence-electron chi connectivity index (χ0n) is 22.1. The molecule has 0 fully saturated rings. The Hall–Kier alpha value is -4.75. The van der Waals surface area contributed by atoms with Crippen LogP contribution in [0.25, 0.3) is 5.69 Å². The molecule has 10 nitrogen and oxygen atoms in total. The van der Waals surface area contributed by atoms with Crippen LogP contribution in [0.15, 0.2) is 79.1 Å². The fourth-order valence-electron chi connectivity index (χ4n) is 3.83. The van der Waals surface area contributed by atoms with Gasteiger partial charge in [0.05, 0.1) is 24.3 Å². The fourth-order valence-corrected chi connectivity index (χ4v) is 3.95. The van der Waals surface area contributed by atoms with Crippen molar-refractivity contribution < 1.29 is 27.9 Å². The van der Waals surface area contributed by atoms with Gasteiger partial charge in [-0.15, -0.1) is 5.10 Å². The van der Waals surface area contributed by atoms with Gasteiger partial charge in [0.15, 0.2) is 11.9 Å². The molecule has 0 aliphatic heterocycles. The van der Waals surface area contributed by atoms with Crippen LogP contribution >= 0.6 is 11.6 Å². The van der Waals surface area contributed by atoms with Gasteiger partial charge in [-0.1, -0.05) is 41.9 Å². The summed E-state index contributed by atoms with van der Waals surface area (Å²) in [5.74, 6) is -0.892. The van der Waals surface area contributed by atoms with Crippen molar-refractivity contribution >= 4 is 35.1 Å². The fraction of sp³-hybridized carbons (Fsp3) is 0.179. The molecule has 218 valence electrons. The van der Waals surface area contributed by atoms with Crippen LogP contribution < -0.4 is 10.6 Å². The molecular weight excluding hydrogens is 575 g/mol. The minimum absolute atomic E-state index is 0.0757. The highest BCUT2D eigenvalue weighted by Crippen LogP contribution is 2.22. The van der Waals surface area contributed by atoms with Crippen LogP contribution in [0.4, 0.5) is 23.7 Å². The number of aliphatic hydroxyl groups is 1. The van der Waals surface area contributed by atoms with Gasteiger partial charge in [0.2, 0.25) is 0 Å². The van der Waals surface area contributed by atoms with Crippen molar-refractivity contribution in [2.45, 2.75) is 25.7 Å². The normalized spacial score (nSPS) is 12.0. The number of hydrogen-bond donors (Lipinski definition) is 4. The molecule has 4 N–H and O–H groups in total. The highest BCUT2D eigenvalue weighted by Gasteiger charge is 2.41. The summed E-state index contributed by atoms with van der Waals surface area (Å²) in [5.41, 5.74) is 2.32. The van der Waals surface area contributed by atoms with Crippen LogP contribution in [0, 0.1) is 12.3 Å². The summed E-state index contributed by atoms with van der Waals surface area (Å²) in [4.78, 5) is 30.6. The molecule has 0 unspecified atom stereocenters. The number of carbonyl (C=O) groups excluding carboxylic acids is 2. The maximum atomic E-state index is 13.1. The average Bonchev–Trinajstić information content (AvgIpc) is 3.44. The number of hydrogen-bond acceptors (Lipinski definition) is 6. The van der Waals surface area contributed by atoms with Crippen molar-refractivity contribution in [1.82, 2.24) is 25.0 Å². The van der Waals surface area contributed by atoms with E-state index < -0.39 is 30.7 Å². The minimum atomic E-state index is -5.02. The molecule has 14 heteroatoms. The number of para-hydroxylation sites is 2. The minimum Gasteiger partial charge on any atom is -0.382 e. The van der Waals surface area contributed by atoms with E-state index in [1.807, 2.05) is 19.1 Å². The van der Waals surface area contributed by atoms with Gasteiger partial charge in [-0.25, -0.2) is 14.5 Å². The SMILES string of the molecule is Cc1ccccc1NC(=O)c1ccccc1-n1cnc(CNC(=O)N(C[C@H](O)C(F)(F)F)C(=N)c2ccc(Cl)cc2)n1. The van der Waals surface area contributed by atoms with E-state index in [0.717, 1.165) is 5.56 Å². The van der Waals surface area contributed by atoms with Crippen LogP contribution in [0.5, 0.6) is 0 Å². The second-order valence-corrected chi connectivity index (χ2v) is 9.51. The summed E-state index contributed by atoms with van der Waals surface area (Å²) < 4.78 is 40.6. The summed E-state index contributed by atoms with van der Waals surface area (Å²) in [7, 11) is 0. The number of carbonyl (C=O) groups is 2. The van der Waals surface area contributed by atoms with E-state index in [1.165, 1.54) is 35.3 Å². The second kappa shape index (κ2) is 12.8. The molecule has 4 rings (SSSR count). The molecule has 0 aliphatic carbocycles. The molecule has 42 heavy (non-hydrogen) atoms. The summed E-state index contributed by atoms with van der Waals surface area (Å²) in [5, 5.41) is 27.8. The van der Waals surface area contributed by atoms with Crippen molar-refractivity contribution in [2.24, 2.45) is 0 Å². The third kappa shape index (κ3) is 7.30. The Bertz CT molecular complexity index is 1590. The quantitative estimate of drug-likeness (QED) is 0.168. The number of amidine groups is 1. The van der Waals surface area contributed by atoms with E-state index in [-0.39, 0.29) is 23.8 Å². The first-order valence-corrected chi connectivity index (χ1v) is 12.8. The third-order valence-electron chi connectivity index (χ3n) is 6.09. The van der Waals surface area contributed by atoms with Gasteiger partial charge in [-0.2, -0.15) is 13.2 Å². The molecule has 3 aromatic carbocycles. The van der Waals surface area contributed by atoms with Gasteiger partial charge < -0.3 is 15.7 Å². The summed E-state index contributed by atoms with van der Waals surface area (Å²) >= 11 is 5.85. The Kier molecular flexibility index (Phi) is 9.23. The third-order valence-corrected chi connectivity index (χ3v) is 6.34. The number of amides is 3. The van der Waals surface area contributed by atoms with Crippen LogP contribution in [0.3, 0.4) is 0 Å². The lowest BCUT2D eigenvalue weighted by Crippen LogP contribution is -2.50. The largest absolute Gasteiger partial charge is 0.416 e. The Morgan fingerprint density at radius 3 is 2.43 bits per heavy atom. The molecule has 0 saturated carbocycles. The Labute approximate surface area is 243 Å². The molecule has 0 saturated heterocycles. The van der Waals surface area contributed by atoms with Crippen molar-refractivity contribution in [3.05, 3.63) is 107 Å². The van der Waals surface area contributed by atoms with Gasteiger partial charge in [0, 0.05) is 16.3 Å². The maximum Gasteiger partial charge on any atom is 0.416 e. The smallest absolute Gasteiger partial charge is 0.382 e. The molecule has 0 aliphatic rings. The van der Waals surface area contributed by atoms with Crippen molar-refractivity contribution in [2.75, 3.05) is 11.9 Å². The van der Waals surface area contributed by atoms with E-state index in [0.29, 0.717) is 26.9 Å². The van der Waals surface area contributed by atoms with Crippen molar-refractivity contribution in [3.8, 4) is 5.69 Å². The number of aromatic nitrogens is 3. The van der Waals surface area contributed by atoms with Crippen LogP contribution in [0.2, 0.25) is 5.02 Å². The number of halogens is 4. The molecule has 0 spiro atoms. The zero-order valence-corrected chi connectivity index (χ0v) is 22.8. The molecule has 1 aromatic heterocycles. The number of rotatable bonds is 8. The van der Waals surface area contributed by atoms with Gasteiger partial charge in [-0.3, -0.25) is 15.1 Å². The first kappa shape index (κ1) is 30.2. The lowest BCUT2D eigenvalue weighted by Gasteiger charge is -2.26. The van der Waals surface area contributed by atoms with Crippen LogP contribution in [-0.2, 0) is 6.54 Å². The number of anilines is 1. The summed E-state index contributed by atoms with van der Waals surface area (Å²) in [6.45, 7) is 0.319. The molecule has 1 atom stereocenters. The predicted molar refractivity (Wildman–Crippen MR) is 150 cm³/mol. The second-order valence-electron chi connectivity index (χ2n) is 9.07. The summed E-state index contributed by atoms with van der Waals surface area (Å²) in [6, 6.07) is 18.4. The van der Waals surface area contributed by atoms with E-state index in [9.17, 15) is 27.9 Å². The first-order chi connectivity index (χ1) is 19.9.